The van der Waals surface area contributed by atoms with Gasteiger partial charge in [0.05, 0.1) is 12.3 Å². The second kappa shape index (κ2) is 4.30. The molecule has 0 rings (SSSR count). The molecule has 0 bridgehead atoms. The van der Waals surface area contributed by atoms with E-state index in [9.17, 15) is 13.2 Å². The van der Waals surface area contributed by atoms with Crippen LogP contribution in [0.5, 0.6) is 0 Å². The first kappa shape index (κ1) is 10.4. The van der Waals surface area contributed by atoms with Crippen LogP contribution in [-0.2, 0) is 19.1 Å². The van der Waals surface area contributed by atoms with Gasteiger partial charge in [-0.1, -0.05) is 0 Å². The van der Waals surface area contributed by atoms with E-state index in [1.807, 2.05) is 0 Å². The molecule has 0 fully saturated rings. The largest absolute Gasteiger partial charge is 0.344 e. The summed E-state index contributed by atoms with van der Waals surface area (Å²) in [5.41, 5.74) is 0. The second-order valence-corrected chi connectivity index (χ2v) is 3.69. The van der Waals surface area contributed by atoms with Crippen molar-refractivity contribution in [1.82, 2.24) is 5.32 Å². The number of carbonyl (C=O) groups is 1. The molecule has 0 aromatic heterocycles. The third-order valence-corrected chi connectivity index (χ3v) is 2.04. The lowest BCUT2D eigenvalue weighted by molar-refractivity contribution is -0.132. The van der Waals surface area contributed by atoms with Crippen LogP contribution in [0.1, 0.15) is 6.92 Å². The molecule has 0 amide bonds. The molecule has 11 heavy (non-hydrogen) atoms. The summed E-state index contributed by atoms with van der Waals surface area (Å²) in [4.78, 5) is 10.6. The van der Waals surface area contributed by atoms with Crippen LogP contribution in [0, 0.1) is 0 Å². The molecular weight excluding hydrogens is 170 g/mol. The van der Waals surface area contributed by atoms with Crippen molar-refractivity contribution in [2.45, 2.75) is 6.92 Å². The maximum absolute atomic E-state index is 10.6. The molecular formula is C5H11NO4S. The van der Waals surface area contributed by atoms with E-state index in [2.05, 4.69) is 9.50 Å². The molecule has 0 aromatic carbocycles. The van der Waals surface area contributed by atoms with Crippen LogP contribution in [0.25, 0.3) is 0 Å². The summed E-state index contributed by atoms with van der Waals surface area (Å²) in [6.45, 7) is 1.31. The zero-order valence-corrected chi connectivity index (χ0v) is 7.27. The van der Waals surface area contributed by atoms with Gasteiger partial charge in [-0.25, -0.2) is 4.79 Å². The molecule has 0 aliphatic heterocycles. The summed E-state index contributed by atoms with van der Waals surface area (Å²) in [6.07, 6.45) is 0. The van der Waals surface area contributed by atoms with Gasteiger partial charge in [-0.3, -0.25) is 0 Å². The molecule has 0 aromatic rings. The van der Waals surface area contributed by atoms with Gasteiger partial charge in [0.25, 0.3) is 0 Å². The lowest BCUT2D eigenvalue weighted by atomic mass is 10.7. The van der Waals surface area contributed by atoms with E-state index in [0.29, 0.717) is 0 Å². The summed E-state index contributed by atoms with van der Waals surface area (Å²) in [7, 11) is -2.10. The van der Waals surface area contributed by atoms with Gasteiger partial charge in [0.2, 0.25) is 0 Å². The first-order valence-electron chi connectivity index (χ1n) is 3.11. The maximum atomic E-state index is 10.6. The Morgan fingerprint density at radius 2 is 2.09 bits per heavy atom. The molecule has 5 nitrogen and oxygen atoms in total. The second-order valence-electron chi connectivity index (χ2n) is 1.83. The first-order chi connectivity index (χ1) is 5.02. The fourth-order valence-corrected chi connectivity index (χ4v) is 0.834. The highest BCUT2D eigenvalue weighted by Crippen LogP contribution is 1.91. The van der Waals surface area contributed by atoms with Crippen LogP contribution in [0.3, 0.4) is 0 Å². The fourth-order valence-electron chi connectivity index (χ4n) is 0.374. The van der Waals surface area contributed by atoms with E-state index < -0.39 is 16.1 Å². The molecule has 0 aliphatic rings. The molecule has 0 saturated carbocycles. The van der Waals surface area contributed by atoms with Gasteiger partial charge < -0.3 is 9.50 Å². The fraction of sp³-hybridized carbons (Fsp3) is 0.800. The predicted octanol–water partition coefficient (Wildman–Crippen LogP) is -0.901. The molecule has 6 heteroatoms. The summed E-state index contributed by atoms with van der Waals surface area (Å²) >= 11 is 0. The molecule has 1 N–H and O–H groups in total. The highest BCUT2D eigenvalue weighted by Gasteiger charge is 2.12. The standard InChI is InChI=1S/C5H11NO4S/c1-3-11(8,9)10-5(7)4-6-2/h6H,3-4H2,1-2H3. The van der Waals surface area contributed by atoms with Crippen molar-refractivity contribution < 1.29 is 17.4 Å². The predicted molar refractivity (Wildman–Crippen MR) is 39.5 cm³/mol. The number of likely N-dealkylation sites (N-methyl/N-ethyl adjacent to an activating group) is 1. The highest BCUT2D eigenvalue weighted by atomic mass is 32.2. The van der Waals surface area contributed by atoms with Crippen LogP contribution in [0.15, 0.2) is 0 Å². The minimum Gasteiger partial charge on any atom is -0.344 e. The Labute approximate surface area is 65.9 Å². The van der Waals surface area contributed by atoms with Gasteiger partial charge in [-0.15, -0.1) is 0 Å². The van der Waals surface area contributed by atoms with E-state index >= 15 is 0 Å². The monoisotopic (exact) mass is 181 g/mol. The zero-order valence-electron chi connectivity index (χ0n) is 6.46. The third kappa shape index (κ3) is 4.74. The Morgan fingerprint density at radius 1 is 1.55 bits per heavy atom. The molecule has 66 valence electrons. The number of hydrogen-bond acceptors (Lipinski definition) is 5. The molecule has 0 aliphatic carbocycles. The SMILES string of the molecule is CCS(=O)(=O)OC(=O)CNC. The van der Waals surface area contributed by atoms with Crippen molar-refractivity contribution in [3.8, 4) is 0 Å². The van der Waals surface area contributed by atoms with E-state index in [0.717, 1.165) is 0 Å². The van der Waals surface area contributed by atoms with Gasteiger partial charge in [0.15, 0.2) is 0 Å². The van der Waals surface area contributed by atoms with Crippen molar-refractivity contribution in [2.24, 2.45) is 0 Å². The van der Waals surface area contributed by atoms with Crippen LogP contribution in [0.4, 0.5) is 0 Å². The average molecular weight is 181 g/mol. The summed E-state index contributed by atoms with van der Waals surface area (Å²) in [5.74, 6) is -0.975. The third-order valence-electron chi connectivity index (χ3n) is 0.895. The first-order valence-corrected chi connectivity index (χ1v) is 4.69. The lowest BCUT2D eigenvalue weighted by Gasteiger charge is -2.01. The van der Waals surface area contributed by atoms with Gasteiger partial charge in [-0.2, -0.15) is 8.42 Å². The summed E-state index contributed by atoms with van der Waals surface area (Å²) < 4.78 is 25.3. The van der Waals surface area contributed by atoms with Crippen LogP contribution in [-0.4, -0.2) is 33.7 Å². The summed E-state index contributed by atoms with van der Waals surface area (Å²) in [5, 5.41) is 2.48. The highest BCUT2D eigenvalue weighted by molar-refractivity contribution is 7.87. The Balaban J connectivity index is 3.95. The number of hydrogen-bond donors (Lipinski definition) is 1. The Hall–Kier alpha value is -0.620. The Bertz CT molecular complexity index is 221. The van der Waals surface area contributed by atoms with Crippen molar-refractivity contribution in [3.05, 3.63) is 0 Å². The minimum atomic E-state index is -3.63. The van der Waals surface area contributed by atoms with E-state index in [1.165, 1.54) is 14.0 Å². The molecule has 0 radical (unpaired) electrons. The van der Waals surface area contributed by atoms with Crippen LogP contribution in [0.2, 0.25) is 0 Å². The van der Waals surface area contributed by atoms with Crippen LogP contribution < -0.4 is 5.32 Å². The molecule has 0 heterocycles. The normalized spacial score (nSPS) is 11.1. The van der Waals surface area contributed by atoms with Gasteiger partial charge in [0, 0.05) is 0 Å². The smallest absolute Gasteiger partial charge is 0.335 e. The quantitative estimate of drug-likeness (QED) is 0.569. The molecule has 0 atom stereocenters. The lowest BCUT2D eigenvalue weighted by Crippen LogP contribution is -2.24. The van der Waals surface area contributed by atoms with Crippen LogP contribution >= 0.6 is 0 Å². The van der Waals surface area contributed by atoms with Crippen molar-refractivity contribution in [2.75, 3.05) is 19.3 Å². The van der Waals surface area contributed by atoms with Gasteiger partial charge in [0.1, 0.15) is 0 Å². The van der Waals surface area contributed by atoms with E-state index in [1.54, 1.807) is 0 Å². The topological polar surface area (TPSA) is 72.5 Å². The van der Waals surface area contributed by atoms with Gasteiger partial charge >= 0.3 is 16.1 Å². The van der Waals surface area contributed by atoms with Crippen molar-refractivity contribution in [1.29, 1.82) is 0 Å². The molecule has 0 spiro atoms. The molecule has 0 unspecified atom stereocenters. The maximum Gasteiger partial charge on any atom is 0.335 e. The van der Waals surface area contributed by atoms with Crippen molar-refractivity contribution >= 4 is 16.1 Å². The van der Waals surface area contributed by atoms with E-state index in [4.69, 9.17) is 0 Å². The molecule has 0 saturated heterocycles. The average Bonchev–Trinajstić information content (AvgIpc) is 1.87. The zero-order chi connectivity index (χ0) is 8.91. The van der Waals surface area contributed by atoms with Gasteiger partial charge in [-0.05, 0) is 14.0 Å². The number of carbonyl (C=O) groups excluding carboxylic acids is 1. The van der Waals surface area contributed by atoms with Crippen molar-refractivity contribution in [3.63, 3.8) is 0 Å². The number of rotatable bonds is 4. The summed E-state index contributed by atoms with van der Waals surface area (Å²) in [6, 6.07) is 0. The Morgan fingerprint density at radius 3 is 2.45 bits per heavy atom. The number of nitrogens with one attached hydrogen (secondary N) is 1. The minimum absolute atomic E-state index is 0.0980. The van der Waals surface area contributed by atoms with E-state index in [-0.39, 0.29) is 12.3 Å². The Kier molecular flexibility index (Phi) is 4.06.